The Hall–Kier alpha value is -2.50. The molecule has 1 unspecified atom stereocenters. The van der Waals surface area contributed by atoms with E-state index in [1.54, 1.807) is 0 Å². The van der Waals surface area contributed by atoms with Gasteiger partial charge in [0.05, 0.1) is 19.1 Å². The average Bonchev–Trinajstić information content (AvgIpc) is 3.01. The number of H-pyrrole nitrogens is 1. The number of ether oxygens (including phenoxy) is 3. The van der Waals surface area contributed by atoms with Crippen LogP contribution in [-0.4, -0.2) is 59.9 Å². The second kappa shape index (κ2) is 10.2. The summed E-state index contributed by atoms with van der Waals surface area (Å²) in [5.74, 6) is -0.855. The Labute approximate surface area is 161 Å². The van der Waals surface area contributed by atoms with Crippen LogP contribution in [0.5, 0.6) is 0 Å². The van der Waals surface area contributed by atoms with Crippen LogP contribution in [0.25, 0.3) is 0 Å². The van der Waals surface area contributed by atoms with Crippen molar-refractivity contribution in [1.29, 1.82) is 0 Å². The van der Waals surface area contributed by atoms with E-state index in [2.05, 4.69) is 10.3 Å². The van der Waals surface area contributed by atoms with E-state index in [0.717, 1.165) is 0 Å². The fraction of sp³-hybridized carbons (Fsp3) is 0.647. The van der Waals surface area contributed by atoms with Gasteiger partial charge in [0.2, 0.25) is 5.91 Å². The number of hydrogen-bond acceptors (Lipinski definition) is 8. The number of amides is 1. The molecule has 0 bridgehead atoms. The Morgan fingerprint density at radius 3 is 2.68 bits per heavy atom. The van der Waals surface area contributed by atoms with Gasteiger partial charge in [0.15, 0.2) is 12.3 Å². The molecule has 2 rings (SSSR count). The van der Waals surface area contributed by atoms with Crippen molar-refractivity contribution in [2.45, 2.75) is 50.7 Å². The number of carbonyl (C=O) groups excluding carboxylic acids is 2. The number of nitrogens with two attached hydrogens (primary N) is 1. The van der Waals surface area contributed by atoms with Crippen molar-refractivity contribution in [2.75, 3.05) is 20.2 Å². The maximum atomic E-state index is 12.2. The van der Waals surface area contributed by atoms with Crippen molar-refractivity contribution < 1.29 is 23.8 Å². The number of esters is 1. The van der Waals surface area contributed by atoms with Gasteiger partial charge in [-0.05, 0) is 6.42 Å². The van der Waals surface area contributed by atoms with E-state index < -0.39 is 41.8 Å². The third kappa shape index (κ3) is 5.27. The molecule has 0 spiro atoms. The number of rotatable bonds is 9. The van der Waals surface area contributed by atoms with Crippen LogP contribution >= 0.6 is 0 Å². The monoisotopic (exact) mass is 398 g/mol. The van der Waals surface area contributed by atoms with Crippen molar-refractivity contribution >= 4 is 11.9 Å². The van der Waals surface area contributed by atoms with Gasteiger partial charge in [-0.1, -0.05) is 6.92 Å². The molecule has 1 aromatic rings. The van der Waals surface area contributed by atoms with E-state index >= 15 is 0 Å². The maximum Gasteiger partial charge on any atom is 0.330 e. The van der Waals surface area contributed by atoms with E-state index in [4.69, 9.17) is 19.9 Å². The molecule has 11 nitrogen and oxygen atoms in total. The second-order valence-electron chi connectivity index (χ2n) is 6.24. The number of nitrogens with zero attached hydrogens (tertiary/aromatic N) is 1. The molecular formula is C17H26N4O7. The summed E-state index contributed by atoms with van der Waals surface area (Å²) < 4.78 is 18.4. The minimum atomic E-state index is -0.905. The number of hydrogen-bond donors (Lipinski definition) is 3. The smallest absolute Gasteiger partial charge is 0.330 e. The predicted octanol–water partition coefficient (Wildman–Crippen LogP) is -1.37. The van der Waals surface area contributed by atoms with Gasteiger partial charge >= 0.3 is 11.7 Å². The van der Waals surface area contributed by atoms with Gasteiger partial charge in [0, 0.05) is 32.3 Å². The minimum absolute atomic E-state index is 0.00314. The molecule has 1 amide bonds. The number of aromatic nitrogens is 2. The first kappa shape index (κ1) is 21.8. The zero-order valence-electron chi connectivity index (χ0n) is 15.9. The molecule has 1 aliphatic heterocycles. The number of nitrogens with one attached hydrogen (secondary N) is 2. The molecule has 1 fully saturated rings. The zero-order valence-corrected chi connectivity index (χ0v) is 15.9. The molecule has 0 aliphatic carbocycles. The maximum absolute atomic E-state index is 12.2. The Morgan fingerprint density at radius 1 is 1.32 bits per heavy atom. The molecule has 4 N–H and O–H groups in total. The van der Waals surface area contributed by atoms with Crippen molar-refractivity contribution in [3.05, 3.63) is 33.1 Å². The van der Waals surface area contributed by atoms with Crippen molar-refractivity contribution in [2.24, 2.45) is 5.73 Å². The Morgan fingerprint density at radius 2 is 2.07 bits per heavy atom. The lowest BCUT2D eigenvalue weighted by Crippen LogP contribution is -2.41. The summed E-state index contributed by atoms with van der Waals surface area (Å²) in [4.78, 5) is 49.2. The minimum Gasteiger partial charge on any atom is -0.457 e. The lowest BCUT2D eigenvalue weighted by Gasteiger charge is -2.24. The molecule has 156 valence electrons. The van der Waals surface area contributed by atoms with E-state index in [9.17, 15) is 19.2 Å². The van der Waals surface area contributed by atoms with E-state index in [1.165, 1.54) is 23.9 Å². The van der Waals surface area contributed by atoms with Gasteiger partial charge in [-0.15, -0.1) is 0 Å². The quantitative estimate of drug-likeness (QED) is 0.430. The average molecular weight is 398 g/mol. The van der Waals surface area contributed by atoms with E-state index in [0.29, 0.717) is 6.42 Å². The first-order chi connectivity index (χ1) is 13.4. The number of aromatic amines is 1. The fourth-order valence-electron chi connectivity index (χ4n) is 2.96. The van der Waals surface area contributed by atoms with Crippen LogP contribution in [0.4, 0.5) is 0 Å². The molecule has 4 atom stereocenters. The van der Waals surface area contributed by atoms with Gasteiger partial charge in [-0.3, -0.25) is 23.9 Å². The van der Waals surface area contributed by atoms with Crippen molar-refractivity contribution in [3.63, 3.8) is 0 Å². The Kier molecular flexibility index (Phi) is 7.91. The summed E-state index contributed by atoms with van der Waals surface area (Å²) in [5.41, 5.74) is 4.31. The van der Waals surface area contributed by atoms with Gasteiger partial charge in [0.25, 0.3) is 5.56 Å². The summed E-state index contributed by atoms with van der Waals surface area (Å²) in [6.07, 6.45) is -1.35. The lowest BCUT2D eigenvalue weighted by molar-refractivity contribution is -0.158. The highest BCUT2D eigenvalue weighted by Crippen LogP contribution is 2.34. The van der Waals surface area contributed by atoms with E-state index in [1.807, 2.05) is 6.92 Å². The first-order valence-electron chi connectivity index (χ1n) is 9.09. The molecule has 0 aromatic carbocycles. The third-order valence-corrected chi connectivity index (χ3v) is 4.34. The molecule has 0 radical (unpaired) electrons. The standard InChI is InChI=1S/C17H26N4O7/c1-3-10-14(28-13(24)5-4-11(22)19-2)15(26-9-7-18)16(27-10)21-8-6-12(23)20-17(21)25/h6,8,10,14-16H,3-5,7,9,18H2,1-2H3,(H,19,22)(H,20,23,25)/t10-,14?,15+,16-/m1/s1. The SMILES string of the molecule is CC[C@H]1O[C@@H](n2ccc(=O)[nH]c2=O)[C@@H](OCCN)C1OC(=O)CCC(=O)NC. The van der Waals surface area contributed by atoms with Crippen LogP contribution in [0.3, 0.4) is 0 Å². The van der Waals surface area contributed by atoms with Gasteiger partial charge in [-0.2, -0.15) is 0 Å². The van der Waals surface area contributed by atoms with Crippen LogP contribution in [0.1, 0.15) is 32.4 Å². The van der Waals surface area contributed by atoms with Crippen molar-refractivity contribution in [1.82, 2.24) is 14.9 Å². The summed E-state index contributed by atoms with van der Waals surface area (Å²) in [6.45, 7) is 2.22. The van der Waals surface area contributed by atoms with Crippen LogP contribution in [-0.2, 0) is 23.8 Å². The van der Waals surface area contributed by atoms with Gasteiger partial charge in [0.1, 0.15) is 6.10 Å². The largest absolute Gasteiger partial charge is 0.457 e. The van der Waals surface area contributed by atoms with Crippen LogP contribution in [0.15, 0.2) is 21.9 Å². The van der Waals surface area contributed by atoms with Gasteiger partial charge in [-0.25, -0.2) is 4.79 Å². The molecule has 1 aromatic heterocycles. The lowest BCUT2D eigenvalue weighted by atomic mass is 10.1. The predicted molar refractivity (Wildman–Crippen MR) is 97.5 cm³/mol. The molecular weight excluding hydrogens is 372 g/mol. The molecule has 2 heterocycles. The highest BCUT2D eigenvalue weighted by Gasteiger charge is 2.48. The van der Waals surface area contributed by atoms with E-state index in [-0.39, 0.29) is 31.9 Å². The van der Waals surface area contributed by atoms with Crippen LogP contribution in [0, 0.1) is 0 Å². The third-order valence-electron chi connectivity index (χ3n) is 4.34. The fourth-order valence-corrected chi connectivity index (χ4v) is 2.96. The summed E-state index contributed by atoms with van der Waals surface area (Å²) in [6, 6.07) is 1.19. The highest BCUT2D eigenvalue weighted by atomic mass is 16.6. The molecule has 1 saturated heterocycles. The molecule has 28 heavy (non-hydrogen) atoms. The number of carbonyl (C=O) groups is 2. The molecule has 11 heteroatoms. The highest BCUT2D eigenvalue weighted by molar-refractivity contribution is 5.81. The Bertz CT molecular complexity index is 790. The molecule has 1 aliphatic rings. The molecule has 0 saturated carbocycles. The van der Waals surface area contributed by atoms with Crippen molar-refractivity contribution in [3.8, 4) is 0 Å². The van der Waals surface area contributed by atoms with Gasteiger partial charge < -0.3 is 25.3 Å². The van der Waals surface area contributed by atoms with Crippen LogP contribution < -0.4 is 22.3 Å². The zero-order chi connectivity index (χ0) is 20.7. The normalized spacial score (nSPS) is 24.1. The van der Waals surface area contributed by atoms with Crippen LogP contribution in [0.2, 0.25) is 0 Å². The Balaban J connectivity index is 2.23. The first-order valence-corrected chi connectivity index (χ1v) is 9.09. The second-order valence-corrected chi connectivity index (χ2v) is 6.24. The summed E-state index contributed by atoms with van der Waals surface area (Å²) >= 11 is 0. The summed E-state index contributed by atoms with van der Waals surface area (Å²) in [5, 5.41) is 2.43. The summed E-state index contributed by atoms with van der Waals surface area (Å²) in [7, 11) is 1.48. The topological polar surface area (TPSA) is 155 Å².